The largest absolute Gasteiger partial charge is 0.497 e. The molecule has 1 unspecified atom stereocenters. The van der Waals surface area contributed by atoms with Gasteiger partial charge in [0.25, 0.3) is 0 Å². The van der Waals surface area contributed by atoms with Gasteiger partial charge in [-0.3, -0.25) is 0 Å². The number of hydrogen-bond acceptors (Lipinski definition) is 2. The highest BCUT2D eigenvalue weighted by molar-refractivity contribution is 6.30. The molecule has 0 saturated carbocycles. The summed E-state index contributed by atoms with van der Waals surface area (Å²) in [6.45, 7) is 3.04. The fraction of sp³-hybridized carbons (Fsp3) is 0.429. The summed E-state index contributed by atoms with van der Waals surface area (Å²) >= 11 is 5.87. The Balaban J connectivity index is 1.82. The van der Waals surface area contributed by atoms with Crippen LogP contribution < -0.4 is 5.32 Å². The molecule has 1 aromatic carbocycles. The standard InChI is InChI=1S/C14H18ClNO/c1-11(12-5-7-13(15)8-6-12)16-10-14-4-2-3-9-17-14/h3,5-9,11,14,16H,2,4,10H2,1H3/t11-,14?/m1/s1. The van der Waals surface area contributed by atoms with E-state index in [0.717, 1.165) is 24.4 Å². The van der Waals surface area contributed by atoms with E-state index in [2.05, 4.69) is 30.4 Å². The predicted octanol–water partition coefficient (Wildman–Crippen LogP) is 3.68. The second kappa shape index (κ2) is 6.08. The van der Waals surface area contributed by atoms with Gasteiger partial charge in [-0.2, -0.15) is 0 Å². The van der Waals surface area contributed by atoms with Crippen molar-refractivity contribution in [2.24, 2.45) is 0 Å². The molecule has 0 saturated heterocycles. The van der Waals surface area contributed by atoms with Crippen LogP contribution in [0.2, 0.25) is 5.02 Å². The van der Waals surface area contributed by atoms with Gasteiger partial charge in [0.2, 0.25) is 0 Å². The van der Waals surface area contributed by atoms with Gasteiger partial charge in [-0.25, -0.2) is 0 Å². The minimum atomic E-state index is 0.301. The van der Waals surface area contributed by atoms with Gasteiger partial charge in [-0.05, 0) is 43.5 Å². The van der Waals surface area contributed by atoms with Crippen LogP contribution in [0.4, 0.5) is 0 Å². The topological polar surface area (TPSA) is 21.3 Å². The zero-order valence-electron chi connectivity index (χ0n) is 10.0. The Labute approximate surface area is 108 Å². The van der Waals surface area contributed by atoms with Gasteiger partial charge in [-0.1, -0.05) is 23.7 Å². The van der Waals surface area contributed by atoms with E-state index in [1.54, 1.807) is 0 Å². The Morgan fingerprint density at radius 1 is 1.41 bits per heavy atom. The summed E-state index contributed by atoms with van der Waals surface area (Å²) in [6, 6.07) is 8.29. The monoisotopic (exact) mass is 251 g/mol. The summed E-state index contributed by atoms with van der Waals surface area (Å²) in [5.74, 6) is 0. The number of nitrogens with one attached hydrogen (secondary N) is 1. The molecule has 1 heterocycles. The maximum Gasteiger partial charge on any atom is 0.110 e. The summed E-state index contributed by atoms with van der Waals surface area (Å²) in [4.78, 5) is 0. The second-order valence-electron chi connectivity index (χ2n) is 4.39. The molecule has 0 aromatic heterocycles. The van der Waals surface area contributed by atoms with Gasteiger partial charge in [0, 0.05) is 17.6 Å². The molecule has 2 atom stereocenters. The molecule has 2 rings (SSSR count). The average Bonchev–Trinajstić information content (AvgIpc) is 2.38. The number of ether oxygens (including phenoxy) is 1. The minimum Gasteiger partial charge on any atom is -0.497 e. The third-order valence-corrected chi connectivity index (χ3v) is 3.30. The molecule has 2 nitrogen and oxygen atoms in total. The molecule has 1 aliphatic heterocycles. The highest BCUT2D eigenvalue weighted by Crippen LogP contribution is 2.17. The quantitative estimate of drug-likeness (QED) is 0.881. The number of halogens is 1. The van der Waals surface area contributed by atoms with Crippen LogP contribution in [0.3, 0.4) is 0 Å². The second-order valence-corrected chi connectivity index (χ2v) is 4.83. The van der Waals surface area contributed by atoms with Crippen molar-refractivity contribution < 1.29 is 4.74 Å². The van der Waals surface area contributed by atoms with E-state index >= 15 is 0 Å². The van der Waals surface area contributed by atoms with Crippen LogP contribution in [0.5, 0.6) is 0 Å². The smallest absolute Gasteiger partial charge is 0.110 e. The van der Waals surface area contributed by atoms with E-state index in [1.165, 1.54) is 5.56 Å². The van der Waals surface area contributed by atoms with Gasteiger partial charge in [0.05, 0.1) is 6.26 Å². The first-order valence-electron chi connectivity index (χ1n) is 6.05. The van der Waals surface area contributed by atoms with Crippen molar-refractivity contribution in [3.05, 3.63) is 47.2 Å². The first kappa shape index (κ1) is 12.5. The molecule has 0 aliphatic carbocycles. The molecule has 17 heavy (non-hydrogen) atoms. The molecule has 1 aromatic rings. The van der Waals surface area contributed by atoms with E-state index in [-0.39, 0.29) is 0 Å². The summed E-state index contributed by atoms with van der Waals surface area (Å²) in [7, 11) is 0. The van der Waals surface area contributed by atoms with Crippen LogP contribution in [-0.2, 0) is 4.74 Å². The van der Waals surface area contributed by atoms with Crippen LogP contribution in [0, 0.1) is 0 Å². The maximum atomic E-state index is 5.87. The van der Waals surface area contributed by atoms with Crippen molar-refractivity contribution in [3.8, 4) is 0 Å². The molecular weight excluding hydrogens is 234 g/mol. The zero-order chi connectivity index (χ0) is 12.1. The fourth-order valence-electron chi connectivity index (χ4n) is 1.91. The minimum absolute atomic E-state index is 0.301. The predicted molar refractivity (Wildman–Crippen MR) is 71.1 cm³/mol. The highest BCUT2D eigenvalue weighted by Gasteiger charge is 2.12. The molecule has 0 bridgehead atoms. The van der Waals surface area contributed by atoms with Crippen LogP contribution in [0.15, 0.2) is 36.6 Å². The Morgan fingerprint density at radius 2 is 2.18 bits per heavy atom. The number of allylic oxidation sites excluding steroid dienone is 1. The van der Waals surface area contributed by atoms with Crippen LogP contribution in [0.25, 0.3) is 0 Å². The van der Waals surface area contributed by atoms with Crippen molar-refractivity contribution in [2.75, 3.05) is 6.54 Å². The molecule has 0 spiro atoms. The first-order valence-corrected chi connectivity index (χ1v) is 6.43. The molecule has 1 N–H and O–H groups in total. The summed E-state index contributed by atoms with van der Waals surface area (Å²) < 4.78 is 5.52. The lowest BCUT2D eigenvalue weighted by Gasteiger charge is -2.22. The fourth-order valence-corrected chi connectivity index (χ4v) is 2.04. The van der Waals surface area contributed by atoms with Crippen molar-refractivity contribution in [2.45, 2.75) is 31.9 Å². The van der Waals surface area contributed by atoms with Gasteiger partial charge in [-0.15, -0.1) is 0 Å². The van der Waals surface area contributed by atoms with Crippen molar-refractivity contribution >= 4 is 11.6 Å². The third kappa shape index (κ3) is 3.76. The number of rotatable bonds is 4. The van der Waals surface area contributed by atoms with E-state index in [0.29, 0.717) is 12.1 Å². The van der Waals surface area contributed by atoms with E-state index in [4.69, 9.17) is 16.3 Å². The summed E-state index contributed by atoms with van der Waals surface area (Å²) in [6.07, 6.45) is 6.38. The average molecular weight is 252 g/mol. The summed E-state index contributed by atoms with van der Waals surface area (Å²) in [5.41, 5.74) is 1.25. The number of hydrogen-bond donors (Lipinski definition) is 1. The molecule has 92 valence electrons. The molecule has 0 fully saturated rings. The van der Waals surface area contributed by atoms with Crippen molar-refractivity contribution in [1.82, 2.24) is 5.32 Å². The summed E-state index contributed by atoms with van der Waals surface area (Å²) in [5, 5.41) is 4.27. The first-order chi connectivity index (χ1) is 8.25. The Morgan fingerprint density at radius 3 is 2.82 bits per heavy atom. The zero-order valence-corrected chi connectivity index (χ0v) is 10.8. The molecule has 1 aliphatic rings. The van der Waals surface area contributed by atoms with E-state index in [9.17, 15) is 0 Å². The third-order valence-electron chi connectivity index (χ3n) is 3.04. The lowest BCUT2D eigenvalue weighted by molar-refractivity contribution is 0.120. The Kier molecular flexibility index (Phi) is 4.46. The van der Waals surface area contributed by atoms with Crippen LogP contribution in [0.1, 0.15) is 31.4 Å². The van der Waals surface area contributed by atoms with Gasteiger partial charge >= 0.3 is 0 Å². The lowest BCUT2D eigenvalue weighted by atomic mass is 10.1. The normalized spacial score (nSPS) is 20.9. The molecular formula is C14H18ClNO. The van der Waals surface area contributed by atoms with Gasteiger partial charge < -0.3 is 10.1 Å². The maximum absolute atomic E-state index is 5.87. The van der Waals surface area contributed by atoms with Gasteiger partial charge in [0.1, 0.15) is 6.10 Å². The lowest BCUT2D eigenvalue weighted by Crippen LogP contribution is -2.31. The van der Waals surface area contributed by atoms with Crippen molar-refractivity contribution in [3.63, 3.8) is 0 Å². The van der Waals surface area contributed by atoms with Crippen LogP contribution >= 0.6 is 11.6 Å². The Hall–Kier alpha value is -0.990. The van der Waals surface area contributed by atoms with Crippen molar-refractivity contribution in [1.29, 1.82) is 0 Å². The SMILES string of the molecule is C[C@@H](NCC1CCC=CO1)c1ccc(Cl)cc1. The Bertz CT molecular complexity index is 374. The van der Waals surface area contributed by atoms with E-state index in [1.807, 2.05) is 18.4 Å². The molecule has 0 radical (unpaired) electrons. The van der Waals surface area contributed by atoms with E-state index < -0.39 is 0 Å². The van der Waals surface area contributed by atoms with Crippen LogP contribution in [-0.4, -0.2) is 12.6 Å². The number of benzene rings is 1. The van der Waals surface area contributed by atoms with Gasteiger partial charge in [0.15, 0.2) is 0 Å². The molecule has 3 heteroatoms. The highest BCUT2D eigenvalue weighted by atomic mass is 35.5. The molecule has 0 amide bonds.